The molecular weight excluding hydrogens is 247 g/mol. The van der Waals surface area contributed by atoms with E-state index in [1.165, 1.54) is 12.1 Å². The van der Waals surface area contributed by atoms with Crippen LogP contribution in [0.15, 0.2) is 31.0 Å². The first kappa shape index (κ1) is 15.3. The van der Waals surface area contributed by atoms with Gasteiger partial charge in [0.2, 0.25) is 0 Å². The van der Waals surface area contributed by atoms with Gasteiger partial charge in [-0.1, -0.05) is 13.0 Å². The highest BCUT2D eigenvalue weighted by molar-refractivity contribution is 5.82. The molecule has 0 saturated carbocycles. The lowest BCUT2D eigenvalue weighted by Crippen LogP contribution is -2.50. The maximum atomic E-state index is 13.0. The van der Waals surface area contributed by atoms with E-state index in [2.05, 4.69) is 16.9 Å². The van der Waals surface area contributed by atoms with E-state index >= 15 is 0 Å². The average Bonchev–Trinajstić information content (AvgIpc) is 2.42. The van der Waals surface area contributed by atoms with Gasteiger partial charge in [0.25, 0.3) is 0 Å². The van der Waals surface area contributed by atoms with Gasteiger partial charge in [0.15, 0.2) is 5.54 Å². The number of pyridine rings is 1. The van der Waals surface area contributed by atoms with Crippen LogP contribution in [0.5, 0.6) is 0 Å². The van der Waals surface area contributed by atoms with Crippen molar-refractivity contribution in [3.8, 4) is 0 Å². The molecule has 0 amide bonds. The molecule has 4 nitrogen and oxygen atoms in total. The number of nitrogens with zero attached hydrogens (tertiary/aromatic N) is 1. The molecule has 0 fully saturated rings. The molecule has 0 aliphatic rings. The molecule has 1 heterocycles. The minimum Gasteiger partial charge on any atom is -0.464 e. The highest BCUT2D eigenvalue weighted by atomic mass is 19.1. The lowest BCUT2D eigenvalue weighted by molar-refractivity contribution is -0.152. The zero-order chi connectivity index (χ0) is 14.3. The average molecular weight is 266 g/mol. The van der Waals surface area contributed by atoms with Crippen LogP contribution in [-0.4, -0.2) is 24.1 Å². The smallest absolute Gasteiger partial charge is 0.332 e. The number of hydrogen-bond acceptors (Lipinski definition) is 4. The monoisotopic (exact) mass is 266 g/mol. The fourth-order valence-electron chi connectivity index (χ4n) is 1.85. The molecule has 104 valence electrons. The van der Waals surface area contributed by atoms with Gasteiger partial charge in [-0.15, -0.1) is 6.58 Å². The van der Waals surface area contributed by atoms with Gasteiger partial charge in [-0.2, -0.15) is 0 Å². The summed E-state index contributed by atoms with van der Waals surface area (Å²) in [6, 6.07) is 2.77. The summed E-state index contributed by atoms with van der Waals surface area (Å²) in [7, 11) is 0. The molecular formula is C14H19FN2O2. The SMILES string of the molecule is C=CCNC(CC)(C(=O)OCC)c1ccc(F)cn1. The van der Waals surface area contributed by atoms with Gasteiger partial charge in [-0.3, -0.25) is 10.3 Å². The molecule has 0 spiro atoms. The maximum absolute atomic E-state index is 13.0. The van der Waals surface area contributed by atoms with E-state index < -0.39 is 17.3 Å². The van der Waals surface area contributed by atoms with Crippen molar-refractivity contribution in [1.82, 2.24) is 10.3 Å². The second kappa shape index (κ2) is 6.99. The third kappa shape index (κ3) is 3.38. The van der Waals surface area contributed by atoms with Gasteiger partial charge in [-0.25, -0.2) is 9.18 Å². The Hall–Kier alpha value is -1.75. The third-order valence-corrected chi connectivity index (χ3v) is 2.87. The first-order valence-corrected chi connectivity index (χ1v) is 6.25. The number of rotatable bonds is 7. The molecule has 0 radical (unpaired) electrons. The number of hydrogen-bond donors (Lipinski definition) is 1. The van der Waals surface area contributed by atoms with E-state index in [1.54, 1.807) is 13.0 Å². The molecule has 1 N–H and O–H groups in total. The molecule has 0 aliphatic carbocycles. The van der Waals surface area contributed by atoms with Crippen molar-refractivity contribution in [3.63, 3.8) is 0 Å². The predicted octanol–water partition coefficient (Wildman–Crippen LogP) is 2.16. The zero-order valence-corrected chi connectivity index (χ0v) is 11.3. The Kier molecular flexibility index (Phi) is 5.63. The number of carbonyl (C=O) groups is 1. The predicted molar refractivity (Wildman–Crippen MR) is 71.0 cm³/mol. The van der Waals surface area contributed by atoms with Gasteiger partial charge in [0.1, 0.15) is 5.82 Å². The largest absolute Gasteiger partial charge is 0.464 e. The van der Waals surface area contributed by atoms with Crippen molar-refractivity contribution in [2.75, 3.05) is 13.2 Å². The van der Waals surface area contributed by atoms with Crippen molar-refractivity contribution in [1.29, 1.82) is 0 Å². The lowest BCUT2D eigenvalue weighted by Gasteiger charge is -2.30. The summed E-state index contributed by atoms with van der Waals surface area (Å²) in [4.78, 5) is 16.2. The number of carbonyl (C=O) groups excluding carboxylic acids is 1. The van der Waals surface area contributed by atoms with Gasteiger partial charge in [0.05, 0.1) is 18.5 Å². The van der Waals surface area contributed by atoms with Crippen LogP contribution in [0, 0.1) is 5.82 Å². The van der Waals surface area contributed by atoms with Crippen molar-refractivity contribution in [3.05, 3.63) is 42.5 Å². The molecule has 0 bridgehead atoms. The topological polar surface area (TPSA) is 51.2 Å². The molecule has 0 aliphatic heterocycles. The van der Waals surface area contributed by atoms with Gasteiger partial charge in [0, 0.05) is 6.54 Å². The fourth-order valence-corrected chi connectivity index (χ4v) is 1.85. The Morgan fingerprint density at radius 3 is 2.79 bits per heavy atom. The first-order valence-electron chi connectivity index (χ1n) is 6.25. The highest BCUT2D eigenvalue weighted by Crippen LogP contribution is 2.25. The number of aromatic nitrogens is 1. The second-order valence-corrected chi connectivity index (χ2v) is 4.01. The summed E-state index contributed by atoms with van der Waals surface area (Å²) in [5.74, 6) is -0.861. The van der Waals surface area contributed by atoms with Crippen molar-refractivity contribution in [2.24, 2.45) is 0 Å². The van der Waals surface area contributed by atoms with Crippen LogP contribution >= 0.6 is 0 Å². The van der Waals surface area contributed by atoms with Gasteiger partial charge >= 0.3 is 5.97 Å². The van der Waals surface area contributed by atoms with E-state index in [-0.39, 0.29) is 6.61 Å². The molecule has 1 aromatic heterocycles. The summed E-state index contributed by atoms with van der Waals surface area (Å²) >= 11 is 0. The van der Waals surface area contributed by atoms with E-state index in [0.717, 1.165) is 6.20 Å². The Bertz CT molecular complexity index is 434. The number of ether oxygens (including phenoxy) is 1. The van der Waals surface area contributed by atoms with Gasteiger partial charge in [-0.05, 0) is 25.5 Å². The molecule has 5 heteroatoms. The maximum Gasteiger partial charge on any atom is 0.332 e. The summed E-state index contributed by atoms with van der Waals surface area (Å²) in [5.41, 5.74) is -0.630. The van der Waals surface area contributed by atoms with Crippen LogP contribution < -0.4 is 5.32 Å². The van der Waals surface area contributed by atoms with Crippen LogP contribution in [0.1, 0.15) is 26.0 Å². The Morgan fingerprint density at radius 1 is 1.58 bits per heavy atom. The zero-order valence-electron chi connectivity index (χ0n) is 11.3. The van der Waals surface area contributed by atoms with E-state index in [1.807, 2.05) is 6.92 Å². The summed E-state index contributed by atoms with van der Waals surface area (Å²) in [5, 5.41) is 3.08. The van der Waals surface area contributed by atoms with E-state index in [9.17, 15) is 9.18 Å². The molecule has 0 saturated heterocycles. The molecule has 1 unspecified atom stereocenters. The van der Waals surface area contributed by atoms with Crippen LogP contribution in [-0.2, 0) is 15.1 Å². The standard InChI is InChI=1S/C14H19FN2O2/c1-4-9-17-14(5-2,13(18)19-6-3)12-8-7-11(15)10-16-12/h4,7-8,10,17H,1,5-6,9H2,2-3H3. The minimum atomic E-state index is -1.07. The molecule has 0 aromatic carbocycles. The van der Waals surface area contributed by atoms with Crippen LogP contribution in [0.25, 0.3) is 0 Å². The molecule has 1 rings (SSSR count). The third-order valence-electron chi connectivity index (χ3n) is 2.87. The quantitative estimate of drug-likeness (QED) is 0.607. The number of halogens is 1. The summed E-state index contributed by atoms with van der Waals surface area (Å²) in [6.07, 6.45) is 3.18. The van der Waals surface area contributed by atoms with Crippen LogP contribution in [0.2, 0.25) is 0 Å². The fraction of sp³-hybridized carbons (Fsp3) is 0.429. The van der Waals surface area contributed by atoms with Crippen LogP contribution in [0.4, 0.5) is 4.39 Å². The Balaban J connectivity index is 3.18. The van der Waals surface area contributed by atoms with Crippen molar-refractivity contribution < 1.29 is 13.9 Å². The van der Waals surface area contributed by atoms with Crippen LogP contribution in [0.3, 0.4) is 0 Å². The van der Waals surface area contributed by atoms with Crippen molar-refractivity contribution >= 4 is 5.97 Å². The van der Waals surface area contributed by atoms with Crippen molar-refractivity contribution in [2.45, 2.75) is 25.8 Å². The summed E-state index contributed by atoms with van der Waals surface area (Å²) in [6.45, 7) is 7.90. The lowest BCUT2D eigenvalue weighted by atomic mass is 9.91. The first-order chi connectivity index (χ1) is 9.10. The van der Waals surface area contributed by atoms with E-state index in [0.29, 0.717) is 18.7 Å². The molecule has 19 heavy (non-hydrogen) atoms. The van der Waals surface area contributed by atoms with Gasteiger partial charge < -0.3 is 4.74 Å². The Morgan fingerprint density at radius 2 is 2.32 bits per heavy atom. The molecule has 1 aromatic rings. The normalized spacial score (nSPS) is 13.6. The van der Waals surface area contributed by atoms with E-state index in [4.69, 9.17) is 4.74 Å². The number of esters is 1. The number of nitrogens with one attached hydrogen (secondary N) is 1. The molecule has 1 atom stereocenters. The minimum absolute atomic E-state index is 0.275. The second-order valence-electron chi connectivity index (χ2n) is 4.01. The summed E-state index contributed by atoms with van der Waals surface area (Å²) < 4.78 is 18.1. The Labute approximate surface area is 112 Å². The highest BCUT2D eigenvalue weighted by Gasteiger charge is 2.40.